The summed E-state index contributed by atoms with van der Waals surface area (Å²) in [5.41, 5.74) is 1.02. The fourth-order valence-corrected chi connectivity index (χ4v) is 4.83. The Hall–Kier alpha value is -2.32. The molecule has 6 nitrogen and oxygen atoms in total. The van der Waals surface area contributed by atoms with Crippen molar-refractivity contribution in [2.24, 2.45) is 5.92 Å². The van der Waals surface area contributed by atoms with Gasteiger partial charge in [0.15, 0.2) is 11.5 Å². The van der Waals surface area contributed by atoms with Crippen LogP contribution in [0.1, 0.15) is 31.9 Å². The van der Waals surface area contributed by atoms with E-state index in [1.165, 1.54) is 11.8 Å². The summed E-state index contributed by atoms with van der Waals surface area (Å²) in [6.45, 7) is 5.50. The van der Waals surface area contributed by atoms with Crippen LogP contribution in [-0.4, -0.2) is 34.8 Å². The molecule has 0 spiro atoms. The SMILES string of the molecule is CC(C)[C@@H](NC(=O)CSc1ncnc2sccc12)c1ccc2c(c1)OCCCO2. The third kappa shape index (κ3) is 4.64. The first kappa shape index (κ1) is 20.0. The zero-order valence-electron chi connectivity index (χ0n) is 16.4. The van der Waals surface area contributed by atoms with Gasteiger partial charge in [-0.3, -0.25) is 4.79 Å². The average Bonchev–Trinajstić information content (AvgIpc) is 3.08. The smallest absolute Gasteiger partial charge is 0.230 e. The van der Waals surface area contributed by atoms with E-state index in [2.05, 4.69) is 29.1 Å². The summed E-state index contributed by atoms with van der Waals surface area (Å²) in [5.74, 6) is 2.02. The van der Waals surface area contributed by atoms with Crippen LogP contribution in [0, 0.1) is 5.92 Å². The molecule has 0 saturated carbocycles. The molecule has 3 aromatic rings. The molecule has 1 N–H and O–H groups in total. The van der Waals surface area contributed by atoms with Crippen molar-refractivity contribution in [1.29, 1.82) is 0 Å². The molecule has 8 heteroatoms. The summed E-state index contributed by atoms with van der Waals surface area (Å²) in [6, 6.07) is 7.81. The quantitative estimate of drug-likeness (QED) is 0.461. The van der Waals surface area contributed by atoms with Gasteiger partial charge in [0.05, 0.1) is 25.0 Å². The number of carbonyl (C=O) groups excluding carboxylic acids is 1. The molecular formula is C21H23N3O3S2. The second-order valence-corrected chi connectivity index (χ2v) is 9.01. The zero-order valence-corrected chi connectivity index (χ0v) is 18.0. The third-order valence-electron chi connectivity index (χ3n) is 4.68. The minimum atomic E-state index is -0.105. The Morgan fingerprint density at radius 1 is 1.21 bits per heavy atom. The van der Waals surface area contributed by atoms with Crippen molar-refractivity contribution in [3.63, 3.8) is 0 Å². The number of nitrogens with zero attached hydrogens (tertiary/aromatic N) is 2. The van der Waals surface area contributed by atoms with E-state index in [0.29, 0.717) is 19.0 Å². The Balaban J connectivity index is 1.45. The van der Waals surface area contributed by atoms with Crippen LogP contribution in [0.25, 0.3) is 10.2 Å². The van der Waals surface area contributed by atoms with Gasteiger partial charge in [0.2, 0.25) is 5.91 Å². The molecular weight excluding hydrogens is 406 g/mol. The van der Waals surface area contributed by atoms with E-state index in [1.807, 2.05) is 29.6 Å². The highest BCUT2D eigenvalue weighted by molar-refractivity contribution is 8.00. The number of hydrogen-bond donors (Lipinski definition) is 1. The van der Waals surface area contributed by atoms with Gasteiger partial charge < -0.3 is 14.8 Å². The maximum absolute atomic E-state index is 12.7. The van der Waals surface area contributed by atoms with E-state index in [1.54, 1.807) is 17.7 Å². The van der Waals surface area contributed by atoms with Crippen molar-refractivity contribution in [3.05, 3.63) is 41.5 Å². The van der Waals surface area contributed by atoms with Crippen LogP contribution in [-0.2, 0) is 4.79 Å². The van der Waals surface area contributed by atoms with E-state index in [0.717, 1.165) is 38.7 Å². The summed E-state index contributed by atoms with van der Waals surface area (Å²) in [7, 11) is 0. The topological polar surface area (TPSA) is 73.3 Å². The first-order valence-corrected chi connectivity index (χ1v) is 11.5. The van der Waals surface area contributed by atoms with Gasteiger partial charge in [0.1, 0.15) is 16.2 Å². The van der Waals surface area contributed by atoms with Crippen LogP contribution in [0.4, 0.5) is 0 Å². The van der Waals surface area contributed by atoms with Gasteiger partial charge in [-0.25, -0.2) is 9.97 Å². The highest BCUT2D eigenvalue weighted by Crippen LogP contribution is 2.34. The fourth-order valence-electron chi connectivity index (χ4n) is 3.24. The second-order valence-electron chi connectivity index (χ2n) is 7.15. The highest BCUT2D eigenvalue weighted by Gasteiger charge is 2.21. The zero-order chi connectivity index (χ0) is 20.2. The van der Waals surface area contributed by atoms with Crippen molar-refractivity contribution in [1.82, 2.24) is 15.3 Å². The van der Waals surface area contributed by atoms with E-state index in [-0.39, 0.29) is 17.9 Å². The fraction of sp³-hybridized carbons (Fsp3) is 0.381. The number of amides is 1. The molecule has 1 aromatic carbocycles. The monoisotopic (exact) mass is 429 g/mol. The van der Waals surface area contributed by atoms with Crippen LogP contribution >= 0.6 is 23.1 Å². The normalized spacial score (nSPS) is 14.6. The van der Waals surface area contributed by atoms with Crippen molar-refractivity contribution in [2.75, 3.05) is 19.0 Å². The number of ether oxygens (including phenoxy) is 2. The molecule has 0 aliphatic carbocycles. The number of rotatable bonds is 6. The number of hydrogen-bond acceptors (Lipinski definition) is 7. The summed E-state index contributed by atoms with van der Waals surface area (Å²) < 4.78 is 11.5. The van der Waals surface area contributed by atoms with Crippen molar-refractivity contribution < 1.29 is 14.3 Å². The second kappa shape index (κ2) is 9.00. The lowest BCUT2D eigenvalue weighted by Gasteiger charge is -2.24. The maximum atomic E-state index is 12.7. The molecule has 29 heavy (non-hydrogen) atoms. The molecule has 1 amide bonds. The minimum absolute atomic E-state index is 0.0252. The third-order valence-corrected chi connectivity index (χ3v) is 6.51. The number of carbonyl (C=O) groups is 1. The largest absolute Gasteiger partial charge is 0.490 e. The average molecular weight is 430 g/mol. The molecule has 0 bridgehead atoms. The van der Waals surface area contributed by atoms with Gasteiger partial charge in [-0.05, 0) is 35.1 Å². The lowest BCUT2D eigenvalue weighted by atomic mass is 9.95. The van der Waals surface area contributed by atoms with Gasteiger partial charge in [0.25, 0.3) is 0 Å². The molecule has 152 valence electrons. The Kier molecular flexibility index (Phi) is 6.20. The summed E-state index contributed by atoms with van der Waals surface area (Å²) in [6.07, 6.45) is 2.42. The predicted molar refractivity (Wildman–Crippen MR) is 116 cm³/mol. The highest BCUT2D eigenvalue weighted by atomic mass is 32.2. The van der Waals surface area contributed by atoms with Crippen LogP contribution in [0.2, 0.25) is 0 Å². The molecule has 1 aliphatic rings. The lowest BCUT2D eigenvalue weighted by molar-refractivity contribution is -0.119. The summed E-state index contributed by atoms with van der Waals surface area (Å²) >= 11 is 3.01. The Labute approximate surface area is 178 Å². The molecule has 1 aliphatic heterocycles. The number of thioether (sulfide) groups is 1. The van der Waals surface area contributed by atoms with Gasteiger partial charge in [-0.2, -0.15) is 0 Å². The lowest BCUT2D eigenvalue weighted by Crippen LogP contribution is -2.33. The molecule has 0 unspecified atom stereocenters. The van der Waals surface area contributed by atoms with Gasteiger partial charge >= 0.3 is 0 Å². The van der Waals surface area contributed by atoms with Crippen molar-refractivity contribution in [3.8, 4) is 11.5 Å². The van der Waals surface area contributed by atoms with Crippen LogP contribution in [0.15, 0.2) is 41.0 Å². The van der Waals surface area contributed by atoms with Crippen molar-refractivity contribution >= 4 is 39.2 Å². The van der Waals surface area contributed by atoms with E-state index in [4.69, 9.17) is 9.47 Å². The van der Waals surface area contributed by atoms with Crippen molar-refractivity contribution in [2.45, 2.75) is 31.3 Å². The number of fused-ring (bicyclic) bond motifs is 2. The standard InChI is InChI=1S/C21H23N3O3S2/c1-13(2)19(14-4-5-16-17(10-14)27-8-3-7-26-16)24-18(25)11-29-21-15-6-9-28-20(15)22-12-23-21/h4-6,9-10,12-13,19H,3,7-8,11H2,1-2H3,(H,24,25)/t19-/m1/s1. The van der Waals surface area contributed by atoms with E-state index < -0.39 is 0 Å². The van der Waals surface area contributed by atoms with E-state index >= 15 is 0 Å². The first-order chi connectivity index (χ1) is 14.1. The molecule has 0 radical (unpaired) electrons. The number of nitrogens with one attached hydrogen (secondary N) is 1. The van der Waals surface area contributed by atoms with Crippen LogP contribution in [0.3, 0.4) is 0 Å². The van der Waals surface area contributed by atoms with Gasteiger partial charge in [-0.15, -0.1) is 11.3 Å². The number of aromatic nitrogens is 2. The van der Waals surface area contributed by atoms with Crippen LogP contribution < -0.4 is 14.8 Å². The predicted octanol–water partition coefficient (Wildman–Crippen LogP) is 4.46. The molecule has 0 fully saturated rings. The molecule has 4 rings (SSSR count). The summed E-state index contributed by atoms with van der Waals surface area (Å²) in [4.78, 5) is 22.2. The minimum Gasteiger partial charge on any atom is -0.490 e. The number of thiophene rings is 1. The van der Waals surface area contributed by atoms with Gasteiger partial charge in [-0.1, -0.05) is 31.7 Å². The first-order valence-electron chi connectivity index (χ1n) is 9.61. The molecule has 0 saturated heterocycles. The molecule has 1 atom stereocenters. The Morgan fingerprint density at radius 2 is 2.03 bits per heavy atom. The number of benzene rings is 1. The Morgan fingerprint density at radius 3 is 2.86 bits per heavy atom. The molecule has 3 heterocycles. The maximum Gasteiger partial charge on any atom is 0.230 e. The van der Waals surface area contributed by atoms with Gasteiger partial charge in [0, 0.05) is 11.8 Å². The molecule has 2 aromatic heterocycles. The van der Waals surface area contributed by atoms with Crippen LogP contribution in [0.5, 0.6) is 11.5 Å². The van der Waals surface area contributed by atoms with E-state index in [9.17, 15) is 4.79 Å². The Bertz CT molecular complexity index is 1010. The summed E-state index contributed by atoms with van der Waals surface area (Å²) in [5, 5.41) is 6.99.